The average molecular weight is 263 g/mol. The zero-order valence-electron chi connectivity index (χ0n) is 9.57. The number of halogens is 3. The standard InChI is InChI=1S/C13H8F3N3/c14-13(15,16)10-5-11(19-12(18)6-10)9-3-1-2-8(4-9)7-17/h1-6H,(H2,18,19). The van der Waals surface area contributed by atoms with E-state index in [1.54, 1.807) is 18.2 Å². The second kappa shape index (κ2) is 4.61. The molecule has 1 aromatic carbocycles. The van der Waals surface area contributed by atoms with E-state index in [1.165, 1.54) is 6.07 Å². The Morgan fingerprint density at radius 1 is 1.16 bits per heavy atom. The van der Waals surface area contributed by atoms with E-state index in [-0.39, 0.29) is 11.5 Å². The van der Waals surface area contributed by atoms with E-state index in [9.17, 15) is 13.2 Å². The van der Waals surface area contributed by atoms with Crippen LogP contribution in [0.15, 0.2) is 36.4 Å². The normalized spacial score (nSPS) is 11.1. The smallest absolute Gasteiger partial charge is 0.384 e. The minimum Gasteiger partial charge on any atom is -0.384 e. The van der Waals surface area contributed by atoms with E-state index in [4.69, 9.17) is 11.0 Å². The summed E-state index contributed by atoms with van der Waals surface area (Å²) in [7, 11) is 0. The Morgan fingerprint density at radius 3 is 2.53 bits per heavy atom. The number of nitrogens with two attached hydrogens (primary N) is 1. The van der Waals surface area contributed by atoms with E-state index < -0.39 is 11.7 Å². The fraction of sp³-hybridized carbons (Fsp3) is 0.0769. The van der Waals surface area contributed by atoms with Crippen molar-refractivity contribution >= 4 is 5.82 Å². The van der Waals surface area contributed by atoms with Gasteiger partial charge in [-0.05, 0) is 24.3 Å². The van der Waals surface area contributed by atoms with Gasteiger partial charge in [-0.15, -0.1) is 0 Å². The molecule has 1 aromatic heterocycles. The molecule has 2 N–H and O–H groups in total. The molecule has 0 unspecified atom stereocenters. The van der Waals surface area contributed by atoms with Gasteiger partial charge in [-0.2, -0.15) is 18.4 Å². The first kappa shape index (κ1) is 12.9. The summed E-state index contributed by atoms with van der Waals surface area (Å²) in [5.74, 6) is -0.216. The number of nitrogens with zero attached hydrogens (tertiary/aromatic N) is 2. The summed E-state index contributed by atoms with van der Waals surface area (Å²) in [6.07, 6.45) is -4.49. The van der Waals surface area contributed by atoms with Crippen molar-refractivity contribution < 1.29 is 13.2 Å². The van der Waals surface area contributed by atoms with Crippen LogP contribution in [0.25, 0.3) is 11.3 Å². The Labute approximate surface area is 107 Å². The maximum atomic E-state index is 12.7. The van der Waals surface area contributed by atoms with Crippen LogP contribution in [-0.2, 0) is 6.18 Å². The molecule has 3 nitrogen and oxygen atoms in total. The van der Waals surface area contributed by atoms with Gasteiger partial charge >= 0.3 is 6.18 Å². The summed E-state index contributed by atoms with van der Waals surface area (Å²) in [6.45, 7) is 0. The first-order valence-electron chi connectivity index (χ1n) is 5.25. The number of aromatic nitrogens is 1. The molecule has 0 bridgehead atoms. The predicted molar refractivity (Wildman–Crippen MR) is 63.8 cm³/mol. The van der Waals surface area contributed by atoms with E-state index in [2.05, 4.69) is 4.98 Å². The van der Waals surface area contributed by atoms with Gasteiger partial charge in [0.1, 0.15) is 5.82 Å². The number of nitrogen functional groups attached to an aromatic ring is 1. The quantitative estimate of drug-likeness (QED) is 0.859. The molecule has 0 radical (unpaired) electrons. The number of rotatable bonds is 1. The lowest BCUT2D eigenvalue weighted by atomic mass is 10.1. The molecule has 0 aliphatic carbocycles. The van der Waals surface area contributed by atoms with E-state index in [1.807, 2.05) is 6.07 Å². The van der Waals surface area contributed by atoms with Gasteiger partial charge in [0.2, 0.25) is 0 Å². The molecule has 0 fully saturated rings. The number of alkyl halides is 3. The third-order valence-electron chi connectivity index (χ3n) is 2.46. The van der Waals surface area contributed by atoms with Crippen molar-refractivity contribution in [1.29, 1.82) is 5.26 Å². The Balaban J connectivity index is 2.57. The second-order valence-electron chi connectivity index (χ2n) is 3.86. The SMILES string of the molecule is N#Cc1cccc(-c2cc(C(F)(F)F)cc(N)n2)c1. The van der Waals surface area contributed by atoms with Crippen molar-refractivity contribution in [2.75, 3.05) is 5.73 Å². The molecule has 19 heavy (non-hydrogen) atoms. The molecule has 0 aliphatic rings. The lowest BCUT2D eigenvalue weighted by Gasteiger charge is -2.10. The van der Waals surface area contributed by atoms with Gasteiger partial charge in [-0.1, -0.05) is 12.1 Å². The molecule has 0 amide bonds. The molecule has 96 valence electrons. The van der Waals surface area contributed by atoms with Crippen LogP contribution in [0.2, 0.25) is 0 Å². The zero-order chi connectivity index (χ0) is 14.0. The molecule has 0 saturated carbocycles. The Morgan fingerprint density at radius 2 is 1.89 bits per heavy atom. The molecular weight excluding hydrogens is 255 g/mol. The molecule has 1 heterocycles. The van der Waals surface area contributed by atoms with Gasteiger partial charge in [-0.25, -0.2) is 4.98 Å². The fourth-order valence-corrected chi connectivity index (χ4v) is 1.61. The van der Waals surface area contributed by atoms with Gasteiger partial charge < -0.3 is 5.73 Å². The highest BCUT2D eigenvalue weighted by Crippen LogP contribution is 2.32. The Kier molecular flexibility index (Phi) is 3.13. The van der Waals surface area contributed by atoms with Gasteiger partial charge in [0.25, 0.3) is 0 Å². The highest BCUT2D eigenvalue weighted by molar-refractivity contribution is 5.64. The zero-order valence-corrected chi connectivity index (χ0v) is 9.57. The van der Waals surface area contributed by atoms with Crippen LogP contribution in [0.3, 0.4) is 0 Å². The number of hydrogen-bond donors (Lipinski definition) is 1. The molecule has 0 saturated heterocycles. The lowest BCUT2D eigenvalue weighted by molar-refractivity contribution is -0.137. The van der Waals surface area contributed by atoms with E-state index >= 15 is 0 Å². The number of anilines is 1. The van der Waals surface area contributed by atoms with Crippen molar-refractivity contribution in [3.05, 3.63) is 47.5 Å². The third-order valence-corrected chi connectivity index (χ3v) is 2.46. The van der Waals surface area contributed by atoms with Crippen LogP contribution in [0.1, 0.15) is 11.1 Å². The molecular formula is C13H8F3N3. The molecule has 0 aliphatic heterocycles. The Hall–Kier alpha value is -2.55. The summed E-state index contributed by atoms with van der Waals surface area (Å²) in [4.78, 5) is 3.86. The fourth-order valence-electron chi connectivity index (χ4n) is 1.61. The summed E-state index contributed by atoms with van der Waals surface area (Å²) in [6, 6.07) is 9.76. The van der Waals surface area contributed by atoms with Crippen molar-refractivity contribution in [3.63, 3.8) is 0 Å². The second-order valence-corrected chi connectivity index (χ2v) is 3.86. The van der Waals surface area contributed by atoms with Gasteiger partial charge in [0.05, 0.1) is 22.9 Å². The molecule has 0 spiro atoms. The van der Waals surface area contributed by atoms with Crippen LogP contribution >= 0.6 is 0 Å². The maximum Gasteiger partial charge on any atom is 0.416 e. The highest BCUT2D eigenvalue weighted by atomic mass is 19.4. The molecule has 2 rings (SSSR count). The van der Waals surface area contributed by atoms with E-state index in [0.717, 1.165) is 12.1 Å². The van der Waals surface area contributed by atoms with Crippen LogP contribution in [0.5, 0.6) is 0 Å². The van der Waals surface area contributed by atoms with Crippen LogP contribution in [0.4, 0.5) is 19.0 Å². The number of pyridine rings is 1. The number of hydrogen-bond acceptors (Lipinski definition) is 3. The summed E-state index contributed by atoms with van der Waals surface area (Å²) in [5.41, 5.74) is 5.37. The third kappa shape index (κ3) is 2.83. The molecule has 6 heteroatoms. The highest BCUT2D eigenvalue weighted by Gasteiger charge is 2.31. The van der Waals surface area contributed by atoms with Gasteiger partial charge in [0, 0.05) is 5.56 Å². The maximum absolute atomic E-state index is 12.7. The first-order valence-corrected chi connectivity index (χ1v) is 5.25. The largest absolute Gasteiger partial charge is 0.416 e. The van der Waals surface area contributed by atoms with Gasteiger partial charge in [-0.3, -0.25) is 0 Å². The van der Waals surface area contributed by atoms with Crippen molar-refractivity contribution in [3.8, 4) is 17.3 Å². The number of benzene rings is 1. The molecule has 2 aromatic rings. The van der Waals surface area contributed by atoms with Crippen LogP contribution < -0.4 is 5.73 Å². The summed E-state index contributed by atoms with van der Waals surface area (Å²) >= 11 is 0. The summed E-state index contributed by atoms with van der Waals surface area (Å²) < 4.78 is 38.0. The Bertz CT molecular complexity index is 657. The topological polar surface area (TPSA) is 62.7 Å². The average Bonchev–Trinajstić information content (AvgIpc) is 2.37. The molecule has 0 atom stereocenters. The first-order chi connectivity index (χ1) is 8.90. The van der Waals surface area contributed by atoms with Crippen LogP contribution in [0, 0.1) is 11.3 Å². The monoisotopic (exact) mass is 263 g/mol. The van der Waals surface area contributed by atoms with Crippen LogP contribution in [-0.4, -0.2) is 4.98 Å². The summed E-state index contributed by atoms with van der Waals surface area (Å²) in [5, 5.41) is 8.77. The predicted octanol–water partition coefficient (Wildman–Crippen LogP) is 3.22. The van der Waals surface area contributed by atoms with E-state index in [0.29, 0.717) is 11.1 Å². The lowest BCUT2D eigenvalue weighted by Crippen LogP contribution is -2.07. The van der Waals surface area contributed by atoms with Crippen molar-refractivity contribution in [2.24, 2.45) is 0 Å². The number of nitriles is 1. The van der Waals surface area contributed by atoms with Crippen molar-refractivity contribution in [2.45, 2.75) is 6.18 Å². The van der Waals surface area contributed by atoms with Crippen molar-refractivity contribution in [1.82, 2.24) is 4.98 Å². The minimum atomic E-state index is -4.49. The van der Waals surface area contributed by atoms with Gasteiger partial charge in [0.15, 0.2) is 0 Å². The minimum absolute atomic E-state index is 0.0874.